The number of hydrogen-bond acceptors (Lipinski definition) is 2. The van der Waals surface area contributed by atoms with Crippen molar-refractivity contribution < 1.29 is 0 Å². The minimum Gasteiger partial charge on any atom is -0.302 e. The molecular weight excluding hydrogens is 136 g/mol. The highest BCUT2D eigenvalue weighted by Crippen LogP contribution is 2.23. The lowest BCUT2D eigenvalue weighted by Crippen LogP contribution is -2.54. The second-order valence-corrected chi connectivity index (χ2v) is 4.64. The van der Waals surface area contributed by atoms with Crippen LogP contribution in [0.5, 0.6) is 0 Å². The van der Waals surface area contributed by atoms with Gasteiger partial charge in [0.1, 0.15) is 0 Å². The summed E-state index contributed by atoms with van der Waals surface area (Å²) in [6.07, 6.45) is 1.24. The third-order valence-corrected chi connectivity index (χ3v) is 2.43. The first-order valence-electron chi connectivity index (χ1n) is 4.47. The fourth-order valence-corrected chi connectivity index (χ4v) is 1.54. The molecule has 1 aliphatic heterocycles. The fourth-order valence-electron chi connectivity index (χ4n) is 1.54. The first-order valence-corrected chi connectivity index (χ1v) is 4.47. The summed E-state index contributed by atoms with van der Waals surface area (Å²) in [5.74, 6) is 0. The van der Waals surface area contributed by atoms with E-state index in [2.05, 4.69) is 38.3 Å². The molecule has 2 unspecified atom stereocenters. The van der Waals surface area contributed by atoms with Gasteiger partial charge in [0.15, 0.2) is 0 Å². The molecule has 2 nitrogen and oxygen atoms in total. The van der Waals surface area contributed by atoms with Crippen LogP contribution in [0, 0.1) is 5.41 Å². The lowest BCUT2D eigenvalue weighted by molar-refractivity contribution is 0.198. The molecule has 0 aliphatic carbocycles. The predicted octanol–water partition coefficient (Wildman–Crippen LogP) is 1.33. The van der Waals surface area contributed by atoms with Gasteiger partial charge in [-0.1, -0.05) is 20.8 Å². The largest absolute Gasteiger partial charge is 0.302 e. The van der Waals surface area contributed by atoms with Crippen molar-refractivity contribution in [1.82, 2.24) is 10.6 Å². The van der Waals surface area contributed by atoms with Crippen molar-refractivity contribution in [2.45, 2.75) is 46.2 Å². The van der Waals surface area contributed by atoms with Crippen LogP contribution in [0.3, 0.4) is 0 Å². The third kappa shape index (κ3) is 2.46. The summed E-state index contributed by atoms with van der Waals surface area (Å²) >= 11 is 0. The minimum atomic E-state index is 0.399. The minimum absolute atomic E-state index is 0.399. The second kappa shape index (κ2) is 3.11. The highest BCUT2D eigenvalue weighted by Gasteiger charge is 2.27. The Bertz CT molecular complexity index is 126. The number of rotatable bonds is 0. The standard InChI is InChI=1S/C9H20N2/c1-7-5-8(9(2,3)4)11-6-10-7/h7-8,10-11H,5-6H2,1-4H3. The fraction of sp³-hybridized carbons (Fsp3) is 1.00. The lowest BCUT2D eigenvalue weighted by Gasteiger charge is -2.38. The van der Waals surface area contributed by atoms with Crippen molar-refractivity contribution in [2.24, 2.45) is 5.41 Å². The van der Waals surface area contributed by atoms with E-state index in [0.717, 1.165) is 6.67 Å². The van der Waals surface area contributed by atoms with Crippen LogP contribution in [0.15, 0.2) is 0 Å². The molecular formula is C9H20N2. The van der Waals surface area contributed by atoms with E-state index in [0.29, 0.717) is 17.5 Å². The van der Waals surface area contributed by atoms with E-state index in [1.807, 2.05) is 0 Å². The molecule has 66 valence electrons. The SMILES string of the molecule is CC1CC(C(C)(C)C)NCN1. The lowest BCUT2D eigenvalue weighted by atomic mass is 9.82. The summed E-state index contributed by atoms with van der Waals surface area (Å²) < 4.78 is 0. The van der Waals surface area contributed by atoms with Gasteiger partial charge in [-0.2, -0.15) is 0 Å². The summed E-state index contributed by atoms with van der Waals surface area (Å²) in [5.41, 5.74) is 0.399. The Kier molecular flexibility index (Phi) is 2.55. The average Bonchev–Trinajstić information content (AvgIpc) is 1.86. The molecule has 1 saturated heterocycles. The molecule has 0 amide bonds. The van der Waals surface area contributed by atoms with Crippen LogP contribution in [-0.4, -0.2) is 18.8 Å². The molecule has 0 spiro atoms. The van der Waals surface area contributed by atoms with E-state index in [-0.39, 0.29) is 0 Å². The molecule has 1 fully saturated rings. The molecule has 0 aromatic rings. The monoisotopic (exact) mass is 156 g/mol. The molecule has 0 radical (unpaired) electrons. The quantitative estimate of drug-likeness (QED) is 0.553. The maximum atomic E-state index is 3.48. The Morgan fingerprint density at radius 3 is 2.18 bits per heavy atom. The van der Waals surface area contributed by atoms with Gasteiger partial charge in [0.05, 0.1) is 0 Å². The van der Waals surface area contributed by atoms with Crippen LogP contribution in [0.2, 0.25) is 0 Å². The van der Waals surface area contributed by atoms with Crippen molar-refractivity contribution in [3.63, 3.8) is 0 Å². The molecule has 2 heteroatoms. The summed E-state index contributed by atoms with van der Waals surface area (Å²) in [6, 6.07) is 1.33. The van der Waals surface area contributed by atoms with Crippen molar-refractivity contribution in [1.29, 1.82) is 0 Å². The predicted molar refractivity (Wildman–Crippen MR) is 48.5 cm³/mol. The molecule has 2 N–H and O–H groups in total. The average molecular weight is 156 g/mol. The maximum absolute atomic E-state index is 3.48. The summed E-state index contributed by atoms with van der Waals surface area (Å²) in [4.78, 5) is 0. The van der Waals surface area contributed by atoms with Crippen molar-refractivity contribution in [3.05, 3.63) is 0 Å². The third-order valence-electron chi connectivity index (χ3n) is 2.43. The maximum Gasteiger partial charge on any atom is 0.0458 e. The van der Waals surface area contributed by atoms with Gasteiger partial charge in [-0.25, -0.2) is 0 Å². The molecule has 1 heterocycles. The zero-order valence-corrected chi connectivity index (χ0v) is 8.07. The van der Waals surface area contributed by atoms with Gasteiger partial charge in [0.25, 0.3) is 0 Å². The Hall–Kier alpha value is -0.0800. The Morgan fingerprint density at radius 2 is 1.82 bits per heavy atom. The highest BCUT2D eigenvalue weighted by molar-refractivity contribution is 4.86. The summed E-state index contributed by atoms with van der Waals surface area (Å²) in [5, 5.41) is 6.85. The van der Waals surface area contributed by atoms with E-state index in [1.54, 1.807) is 0 Å². The first kappa shape index (κ1) is 9.01. The Labute approximate surface area is 69.8 Å². The zero-order chi connectivity index (χ0) is 8.48. The van der Waals surface area contributed by atoms with Crippen LogP contribution >= 0.6 is 0 Å². The van der Waals surface area contributed by atoms with E-state index in [4.69, 9.17) is 0 Å². The molecule has 1 rings (SSSR count). The Morgan fingerprint density at radius 1 is 1.18 bits per heavy atom. The molecule has 0 aromatic carbocycles. The van der Waals surface area contributed by atoms with Gasteiger partial charge in [-0.15, -0.1) is 0 Å². The molecule has 2 atom stereocenters. The van der Waals surface area contributed by atoms with Gasteiger partial charge in [0, 0.05) is 18.8 Å². The molecule has 1 aliphatic rings. The Balaban J connectivity index is 2.46. The van der Waals surface area contributed by atoms with Crippen molar-refractivity contribution in [2.75, 3.05) is 6.67 Å². The molecule has 0 bridgehead atoms. The number of nitrogens with one attached hydrogen (secondary N) is 2. The van der Waals surface area contributed by atoms with E-state index in [9.17, 15) is 0 Å². The first-order chi connectivity index (χ1) is 5.00. The van der Waals surface area contributed by atoms with E-state index < -0.39 is 0 Å². The van der Waals surface area contributed by atoms with Crippen LogP contribution in [0.25, 0.3) is 0 Å². The molecule has 0 aromatic heterocycles. The molecule has 0 saturated carbocycles. The van der Waals surface area contributed by atoms with Crippen LogP contribution in [0.4, 0.5) is 0 Å². The van der Waals surface area contributed by atoms with E-state index >= 15 is 0 Å². The second-order valence-electron chi connectivity index (χ2n) is 4.64. The van der Waals surface area contributed by atoms with Crippen LogP contribution in [0.1, 0.15) is 34.1 Å². The van der Waals surface area contributed by atoms with E-state index in [1.165, 1.54) is 6.42 Å². The summed E-state index contributed by atoms with van der Waals surface area (Å²) in [6.45, 7) is 10.1. The number of hydrogen-bond donors (Lipinski definition) is 2. The topological polar surface area (TPSA) is 24.1 Å². The van der Waals surface area contributed by atoms with Crippen LogP contribution < -0.4 is 10.6 Å². The zero-order valence-electron chi connectivity index (χ0n) is 8.07. The highest BCUT2D eigenvalue weighted by atomic mass is 15.1. The van der Waals surface area contributed by atoms with Crippen LogP contribution in [-0.2, 0) is 0 Å². The van der Waals surface area contributed by atoms with Gasteiger partial charge < -0.3 is 10.6 Å². The molecule has 11 heavy (non-hydrogen) atoms. The van der Waals surface area contributed by atoms with Gasteiger partial charge >= 0.3 is 0 Å². The van der Waals surface area contributed by atoms with Crippen molar-refractivity contribution >= 4 is 0 Å². The van der Waals surface area contributed by atoms with Crippen molar-refractivity contribution in [3.8, 4) is 0 Å². The van der Waals surface area contributed by atoms with Gasteiger partial charge in [-0.05, 0) is 18.8 Å². The van der Waals surface area contributed by atoms with Gasteiger partial charge in [0.2, 0.25) is 0 Å². The normalized spacial score (nSPS) is 33.8. The van der Waals surface area contributed by atoms with Gasteiger partial charge in [-0.3, -0.25) is 0 Å². The summed E-state index contributed by atoms with van der Waals surface area (Å²) in [7, 11) is 0. The smallest absolute Gasteiger partial charge is 0.0458 e.